The van der Waals surface area contributed by atoms with Gasteiger partial charge in [-0.05, 0) is 52.0 Å². The summed E-state index contributed by atoms with van der Waals surface area (Å²) in [5.41, 5.74) is -1.56. The van der Waals surface area contributed by atoms with Crippen LogP contribution in [0.15, 0.2) is 0 Å². The molecule has 6 nitrogen and oxygen atoms in total. The molecule has 1 amide bonds. The second-order valence-corrected chi connectivity index (χ2v) is 9.42. The number of aliphatic hydroxyl groups is 2. The number of nitrogens with zero attached hydrogens (tertiary/aromatic N) is 1. The molecule has 0 aromatic rings. The molecule has 0 unspecified atom stereocenters. The van der Waals surface area contributed by atoms with Crippen molar-refractivity contribution >= 4 is 6.09 Å². The van der Waals surface area contributed by atoms with E-state index in [4.69, 9.17) is 4.74 Å². The molecule has 0 radical (unpaired) electrons. The number of β-amino-alcohol motifs (C(OH)–C–C–N with tert-alkyl or cyclic N) is 2. The number of likely N-dealkylation sites (tertiary alicyclic amines) is 1. The molecule has 0 aromatic carbocycles. The average molecular weight is 344 g/mol. The van der Waals surface area contributed by atoms with Crippen LogP contribution >= 0.6 is 0 Å². The quantitative estimate of drug-likeness (QED) is 0.726. The number of aliphatic hydroxyl groups excluding tert-OH is 1. The van der Waals surface area contributed by atoms with Crippen molar-refractivity contribution in [2.45, 2.75) is 72.2 Å². The van der Waals surface area contributed by atoms with Crippen molar-refractivity contribution in [2.24, 2.45) is 11.3 Å². The number of rotatable bonds is 4. The molecule has 142 valence electrons. The fraction of sp³-hybridized carbons (Fsp3) is 0.944. The number of ether oxygens (including phenoxy) is 1. The van der Waals surface area contributed by atoms with E-state index in [1.807, 2.05) is 0 Å². The van der Waals surface area contributed by atoms with Crippen LogP contribution in [0.4, 0.5) is 4.79 Å². The van der Waals surface area contributed by atoms with Gasteiger partial charge in [-0.3, -0.25) is 4.90 Å². The molecule has 3 atom stereocenters. The van der Waals surface area contributed by atoms with Gasteiger partial charge in [0.25, 0.3) is 0 Å². The first-order valence-corrected chi connectivity index (χ1v) is 8.79. The maximum Gasteiger partial charge on any atom is 0.407 e. The standard InChI is InChI=1S/C18H36N2O4/c1-16(2,3)13-8-9-20(10-14(13)21)12-18(7,23)11-19-15(22)24-17(4,5)6/h13-14,21,23H,8-12H2,1-7H3,(H,19,22)/t13-,14-,18-/m0/s1. The minimum absolute atomic E-state index is 0.0757. The number of carbonyl (C=O) groups is 1. The number of alkyl carbamates (subject to hydrolysis) is 1. The fourth-order valence-corrected chi connectivity index (χ4v) is 3.27. The van der Waals surface area contributed by atoms with Gasteiger partial charge in [0.05, 0.1) is 18.2 Å². The van der Waals surface area contributed by atoms with E-state index < -0.39 is 23.4 Å². The van der Waals surface area contributed by atoms with Gasteiger partial charge < -0.3 is 20.3 Å². The molecule has 1 fully saturated rings. The van der Waals surface area contributed by atoms with E-state index in [-0.39, 0.29) is 17.9 Å². The van der Waals surface area contributed by atoms with Gasteiger partial charge >= 0.3 is 6.09 Å². The van der Waals surface area contributed by atoms with Crippen molar-refractivity contribution in [3.8, 4) is 0 Å². The molecule has 1 aliphatic rings. The van der Waals surface area contributed by atoms with Crippen LogP contribution in [0.3, 0.4) is 0 Å². The minimum atomic E-state index is -1.08. The molecule has 1 rings (SSSR count). The lowest BCUT2D eigenvalue weighted by Gasteiger charge is -2.44. The molecule has 24 heavy (non-hydrogen) atoms. The molecule has 1 heterocycles. The predicted octanol–water partition coefficient (Wildman–Crippen LogP) is 1.99. The Bertz CT molecular complexity index is 424. The Morgan fingerprint density at radius 1 is 1.21 bits per heavy atom. The number of nitrogens with one attached hydrogen (secondary N) is 1. The number of amides is 1. The SMILES string of the molecule is CC(C)(C)OC(=O)NC[C@](C)(O)CN1CC[C@H](C(C)(C)C)[C@@H](O)C1. The fourth-order valence-electron chi connectivity index (χ4n) is 3.27. The summed E-state index contributed by atoms with van der Waals surface area (Å²) in [6.45, 7) is 15.4. The van der Waals surface area contributed by atoms with Crippen molar-refractivity contribution in [1.29, 1.82) is 0 Å². The number of hydrogen-bond donors (Lipinski definition) is 3. The molecule has 1 saturated heterocycles. The van der Waals surface area contributed by atoms with E-state index in [1.165, 1.54) is 0 Å². The van der Waals surface area contributed by atoms with Gasteiger partial charge in [-0.15, -0.1) is 0 Å². The molecular formula is C18H36N2O4. The summed E-state index contributed by atoms with van der Waals surface area (Å²) in [5, 5.41) is 23.5. The van der Waals surface area contributed by atoms with Crippen LogP contribution in [0.5, 0.6) is 0 Å². The smallest absolute Gasteiger partial charge is 0.407 e. The molecule has 6 heteroatoms. The Kier molecular flexibility index (Phi) is 6.70. The summed E-state index contributed by atoms with van der Waals surface area (Å²) in [6.07, 6.45) is -0.0251. The van der Waals surface area contributed by atoms with E-state index in [0.29, 0.717) is 13.1 Å². The molecule has 0 saturated carbocycles. The van der Waals surface area contributed by atoms with E-state index >= 15 is 0 Å². The Morgan fingerprint density at radius 2 is 1.79 bits per heavy atom. The zero-order valence-corrected chi connectivity index (χ0v) is 16.3. The Hall–Kier alpha value is -0.850. The third-order valence-corrected chi connectivity index (χ3v) is 4.36. The first-order valence-electron chi connectivity index (χ1n) is 8.79. The lowest BCUT2D eigenvalue weighted by Crippen LogP contribution is -2.54. The van der Waals surface area contributed by atoms with E-state index in [9.17, 15) is 15.0 Å². The molecule has 1 aliphatic heterocycles. The molecule has 3 N–H and O–H groups in total. The summed E-state index contributed by atoms with van der Waals surface area (Å²) in [4.78, 5) is 13.8. The van der Waals surface area contributed by atoms with Crippen molar-refractivity contribution in [2.75, 3.05) is 26.2 Å². The molecule has 0 aromatic heterocycles. The Labute approximate surface area is 146 Å². The number of piperidine rings is 1. The predicted molar refractivity (Wildman–Crippen MR) is 94.9 cm³/mol. The third-order valence-electron chi connectivity index (χ3n) is 4.36. The molecule has 0 spiro atoms. The zero-order valence-electron chi connectivity index (χ0n) is 16.3. The topological polar surface area (TPSA) is 82.0 Å². The summed E-state index contributed by atoms with van der Waals surface area (Å²) in [5.74, 6) is 0.263. The molecule has 0 aliphatic carbocycles. The van der Waals surface area contributed by atoms with E-state index in [2.05, 4.69) is 31.0 Å². The van der Waals surface area contributed by atoms with E-state index in [0.717, 1.165) is 13.0 Å². The number of carbonyl (C=O) groups excluding carboxylic acids is 1. The van der Waals surface area contributed by atoms with Crippen LogP contribution < -0.4 is 5.32 Å². The second kappa shape index (κ2) is 7.58. The Balaban J connectivity index is 2.46. The van der Waals surface area contributed by atoms with Gasteiger partial charge in [0.1, 0.15) is 5.60 Å². The minimum Gasteiger partial charge on any atom is -0.444 e. The van der Waals surface area contributed by atoms with Crippen LogP contribution in [0.2, 0.25) is 0 Å². The van der Waals surface area contributed by atoms with Gasteiger partial charge in [0.2, 0.25) is 0 Å². The first-order chi connectivity index (χ1) is 10.7. The highest BCUT2D eigenvalue weighted by molar-refractivity contribution is 5.67. The highest BCUT2D eigenvalue weighted by Crippen LogP contribution is 2.34. The summed E-state index contributed by atoms with van der Waals surface area (Å²) >= 11 is 0. The average Bonchev–Trinajstić information content (AvgIpc) is 2.32. The lowest BCUT2D eigenvalue weighted by atomic mass is 9.73. The van der Waals surface area contributed by atoms with Gasteiger partial charge in [-0.25, -0.2) is 4.79 Å². The van der Waals surface area contributed by atoms with Crippen LogP contribution in [0.1, 0.15) is 54.9 Å². The monoisotopic (exact) mass is 344 g/mol. The molecular weight excluding hydrogens is 308 g/mol. The highest BCUT2D eigenvalue weighted by atomic mass is 16.6. The van der Waals surface area contributed by atoms with E-state index in [1.54, 1.807) is 27.7 Å². The van der Waals surface area contributed by atoms with Crippen molar-refractivity contribution in [3.05, 3.63) is 0 Å². The third kappa shape index (κ3) is 7.36. The highest BCUT2D eigenvalue weighted by Gasteiger charge is 2.37. The van der Waals surface area contributed by atoms with Crippen molar-refractivity contribution in [1.82, 2.24) is 10.2 Å². The van der Waals surface area contributed by atoms with Crippen LogP contribution in [0, 0.1) is 11.3 Å². The maximum atomic E-state index is 11.7. The van der Waals surface area contributed by atoms with Crippen LogP contribution in [-0.2, 0) is 4.74 Å². The van der Waals surface area contributed by atoms with Gasteiger partial charge in [0, 0.05) is 13.1 Å². The normalized spacial score (nSPS) is 25.9. The maximum absolute atomic E-state index is 11.7. The lowest BCUT2D eigenvalue weighted by molar-refractivity contribution is -0.0527. The number of hydrogen-bond acceptors (Lipinski definition) is 5. The first kappa shape index (κ1) is 21.2. The molecule has 0 bridgehead atoms. The largest absolute Gasteiger partial charge is 0.444 e. The second-order valence-electron chi connectivity index (χ2n) is 9.42. The van der Waals surface area contributed by atoms with Gasteiger partial charge in [-0.2, -0.15) is 0 Å². The van der Waals surface area contributed by atoms with Gasteiger partial charge in [0.15, 0.2) is 0 Å². The van der Waals surface area contributed by atoms with Crippen molar-refractivity contribution in [3.63, 3.8) is 0 Å². The Morgan fingerprint density at radius 3 is 2.25 bits per heavy atom. The summed E-state index contributed by atoms with van der Waals surface area (Å²) < 4.78 is 5.18. The summed E-state index contributed by atoms with van der Waals surface area (Å²) in [7, 11) is 0. The van der Waals surface area contributed by atoms with Crippen LogP contribution in [0.25, 0.3) is 0 Å². The van der Waals surface area contributed by atoms with Gasteiger partial charge in [-0.1, -0.05) is 20.8 Å². The summed E-state index contributed by atoms with van der Waals surface area (Å²) in [6, 6.07) is 0. The van der Waals surface area contributed by atoms with Crippen molar-refractivity contribution < 1.29 is 19.7 Å². The zero-order chi connectivity index (χ0) is 18.8. The van der Waals surface area contributed by atoms with Crippen LogP contribution in [-0.4, -0.2) is 64.7 Å².